The van der Waals surface area contributed by atoms with Crippen LogP contribution >= 0.6 is 0 Å². The Morgan fingerprint density at radius 3 is 2.86 bits per heavy atom. The number of fused-ring (bicyclic) bond motifs is 4. The van der Waals surface area contributed by atoms with Crippen LogP contribution in [-0.2, 0) is 6.54 Å². The normalized spacial score (nSPS) is 28.1. The highest BCUT2D eigenvalue weighted by Gasteiger charge is 2.33. The number of H-pyrrole nitrogens is 1. The molecule has 4 heterocycles. The first-order valence-electron chi connectivity index (χ1n) is 7.73. The van der Waals surface area contributed by atoms with E-state index in [1.54, 1.807) is 0 Å². The fraction of sp³-hybridized carbons (Fsp3) is 0.500. The van der Waals surface area contributed by atoms with E-state index in [4.69, 9.17) is 0 Å². The van der Waals surface area contributed by atoms with Crippen LogP contribution in [0.4, 0.5) is 0 Å². The van der Waals surface area contributed by atoms with E-state index in [1.807, 2.05) is 24.3 Å². The van der Waals surface area contributed by atoms with Gasteiger partial charge in [-0.05, 0) is 44.0 Å². The summed E-state index contributed by atoms with van der Waals surface area (Å²) in [5.74, 6) is 1.51. The maximum Gasteiger partial charge on any atom is 0.258 e. The van der Waals surface area contributed by atoms with Crippen LogP contribution in [0.5, 0.6) is 0 Å². The molecule has 5 nitrogen and oxygen atoms in total. The van der Waals surface area contributed by atoms with Crippen molar-refractivity contribution in [2.24, 2.45) is 5.92 Å². The van der Waals surface area contributed by atoms with Gasteiger partial charge in [-0.3, -0.25) is 4.79 Å². The van der Waals surface area contributed by atoms with Crippen LogP contribution < -0.4 is 10.9 Å². The van der Waals surface area contributed by atoms with E-state index >= 15 is 0 Å². The van der Waals surface area contributed by atoms with E-state index in [0.29, 0.717) is 18.0 Å². The molecule has 1 unspecified atom stereocenters. The van der Waals surface area contributed by atoms with Crippen molar-refractivity contribution in [2.75, 3.05) is 19.6 Å². The lowest BCUT2D eigenvalue weighted by Crippen LogP contribution is -2.55. The molecule has 5 rings (SSSR count). The lowest BCUT2D eigenvalue weighted by atomic mass is 9.84. The number of aromatic amines is 1. The zero-order valence-electron chi connectivity index (χ0n) is 12.0. The van der Waals surface area contributed by atoms with Crippen LogP contribution in [-0.4, -0.2) is 40.5 Å². The van der Waals surface area contributed by atoms with Crippen LogP contribution in [0.1, 0.15) is 18.7 Å². The molecule has 0 radical (unpaired) electrons. The minimum atomic E-state index is -0.0497. The van der Waals surface area contributed by atoms with E-state index in [-0.39, 0.29) is 5.56 Å². The van der Waals surface area contributed by atoms with Gasteiger partial charge in [-0.25, -0.2) is 4.98 Å². The Hall–Kier alpha value is -1.72. The molecule has 110 valence electrons. The third-order valence-electron chi connectivity index (χ3n) is 4.85. The topological polar surface area (TPSA) is 61.0 Å². The summed E-state index contributed by atoms with van der Waals surface area (Å²) in [4.78, 5) is 22.0. The third-order valence-corrected chi connectivity index (χ3v) is 4.85. The van der Waals surface area contributed by atoms with Gasteiger partial charge in [0.1, 0.15) is 5.82 Å². The van der Waals surface area contributed by atoms with Crippen LogP contribution in [0.25, 0.3) is 10.9 Å². The van der Waals surface area contributed by atoms with Crippen molar-refractivity contribution >= 4 is 10.9 Å². The number of hydrogen-bond acceptors (Lipinski definition) is 4. The van der Waals surface area contributed by atoms with Gasteiger partial charge in [-0.15, -0.1) is 0 Å². The molecule has 1 atom stereocenters. The highest BCUT2D eigenvalue weighted by molar-refractivity contribution is 5.77. The third kappa shape index (κ3) is 2.47. The quantitative estimate of drug-likeness (QED) is 0.886. The first-order valence-corrected chi connectivity index (χ1v) is 7.73. The van der Waals surface area contributed by atoms with E-state index < -0.39 is 0 Å². The molecule has 21 heavy (non-hydrogen) atoms. The van der Waals surface area contributed by atoms with Gasteiger partial charge in [0, 0.05) is 12.6 Å². The van der Waals surface area contributed by atoms with Gasteiger partial charge in [0.15, 0.2) is 0 Å². The molecular formula is C16H20N4O. The smallest absolute Gasteiger partial charge is 0.258 e. The summed E-state index contributed by atoms with van der Waals surface area (Å²) in [7, 11) is 0. The van der Waals surface area contributed by atoms with Gasteiger partial charge in [-0.1, -0.05) is 12.1 Å². The molecule has 0 aliphatic carbocycles. The first-order chi connectivity index (χ1) is 10.3. The van der Waals surface area contributed by atoms with Crippen molar-refractivity contribution in [1.29, 1.82) is 0 Å². The number of aromatic nitrogens is 2. The molecule has 0 saturated carbocycles. The van der Waals surface area contributed by atoms with Gasteiger partial charge in [0.25, 0.3) is 5.56 Å². The maximum absolute atomic E-state index is 12.0. The van der Waals surface area contributed by atoms with Crippen LogP contribution in [0.15, 0.2) is 29.1 Å². The Morgan fingerprint density at radius 2 is 2.10 bits per heavy atom. The van der Waals surface area contributed by atoms with Crippen molar-refractivity contribution in [2.45, 2.75) is 25.4 Å². The molecule has 3 aliphatic heterocycles. The van der Waals surface area contributed by atoms with Gasteiger partial charge in [0.2, 0.25) is 0 Å². The predicted molar refractivity (Wildman–Crippen MR) is 82.2 cm³/mol. The molecule has 1 aromatic carbocycles. The molecular weight excluding hydrogens is 264 g/mol. The summed E-state index contributed by atoms with van der Waals surface area (Å²) in [6.07, 6.45) is 2.58. The highest BCUT2D eigenvalue weighted by atomic mass is 16.1. The summed E-state index contributed by atoms with van der Waals surface area (Å²) in [5, 5.41) is 4.24. The largest absolute Gasteiger partial charge is 0.309 e. The summed E-state index contributed by atoms with van der Waals surface area (Å²) < 4.78 is 0. The first kappa shape index (κ1) is 13.0. The number of para-hydroxylation sites is 1. The van der Waals surface area contributed by atoms with Crippen molar-refractivity contribution < 1.29 is 0 Å². The Bertz CT molecular complexity index is 703. The van der Waals surface area contributed by atoms with E-state index in [0.717, 1.165) is 23.8 Å². The summed E-state index contributed by atoms with van der Waals surface area (Å²) in [6.45, 7) is 4.25. The summed E-state index contributed by atoms with van der Waals surface area (Å²) in [5.41, 5.74) is 0.721. The molecule has 3 aliphatic rings. The van der Waals surface area contributed by atoms with E-state index in [1.165, 1.54) is 25.9 Å². The zero-order chi connectivity index (χ0) is 14.2. The summed E-state index contributed by atoms with van der Waals surface area (Å²) >= 11 is 0. The van der Waals surface area contributed by atoms with E-state index in [2.05, 4.69) is 20.2 Å². The van der Waals surface area contributed by atoms with Crippen LogP contribution in [0.2, 0.25) is 0 Å². The number of piperidine rings is 3. The lowest BCUT2D eigenvalue weighted by Gasteiger charge is -2.45. The van der Waals surface area contributed by atoms with E-state index in [9.17, 15) is 4.79 Å². The van der Waals surface area contributed by atoms with Gasteiger partial charge >= 0.3 is 0 Å². The predicted octanol–water partition coefficient (Wildman–Crippen LogP) is 1.11. The molecule has 1 aromatic heterocycles. The second-order valence-electron chi connectivity index (χ2n) is 6.16. The SMILES string of the molecule is O=c1[nH]c(CNC2CN3CCC2CC3)nc2ccccc12. The number of nitrogens with one attached hydrogen (secondary N) is 2. The average Bonchev–Trinajstić information content (AvgIpc) is 2.54. The van der Waals surface area contributed by atoms with Gasteiger partial charge in [0.05, 0.1) is 17.4 Å². The zero-order valence-corrected chi connectivity index (χ0v) is 12.0. The van der Waals surface area contributed by atoms with Crippen molar-refractivity contribution in [1.82, 2.24) is 20.2 Å². The average molecular weight is 284 g/mol. The molecule has 3 saturated heterocycles. The van der Waals surface area contributed by atoms with Crippen molar-refractivity contribution in [3.05, 3.63) is 40.4 Å². The van der Waals surface area contributed by atoms with Crippen molar-refractivity contribution in [3.8, 4) is 0 Å². The standard InChI is InChI=1S/C16H20N4O/c21-16-12-3-1-2-4-13(12)18-15(19-16)9-17-14-10-20-7-5-11(14)6-8-20/h1-4,11,14,17H,5-10H2,(H,18,19,21). The van der Waals surface area contributed by atoms with Gasteiger partial charge < -0.3 is 15.2 Å². The number of rotatable bonds is 3. The Kier molecular flexibility index (Phi) is 3.24. The monoisotopic (exact) mass is 284 g/mol. The fourth-order valence-electron chi connectivity index (χ4n) is 3.64. The minimum absolute atomic E-state index is 0.0497. The number of nitrogens with zero attached hydrogens (tertiary/aromatic N) is 2. The highest BCUT2D eigenvalue weighted by Crippen LogP contribution is 2.27. The molecule has 3 fully saturated rings. The molecule has 5 heteroatoms. The fourth-order valence-corrected chi connectivity index (χ4v) is 3.64. The lowest BCUT2D eigenvalue weighted by molar-refractivity contribution is 0.0717. The Labute approximate surface area is 123 Å². The number of benzene rings is 1. The second-order valence-corrected chi connectivity index (χ2v) is 6.16. The minimum Gasteiger partial charge on any atom is -0.309 e. The Balaban J connectivity index is 1.51. The molecule has 2 aromatic rings. The van der Waals surface area contributed by atoms with Crippen LogP contribution in [0.3, 0.4) is 0 Å². The molecule has 0 amide bonds. The summed E-state index contributed by atoms with van der Waals surface area (Å²) in [6, 6.07) is 8.02. The maximum atomic E-state index is 12.0. The molecule has 2 bridgehead atoms. The second kappa shape index (κ2) is 5.24. The van der Waals surface area contributed by atoms with Gasteiger partial charge in [-0.2, -0.15) is 0 Å². The Morgan fingerprint density at radius 1 is 1.29 bits per heavy atom. The molecule has 2 N–H and O–H groups in total. The van der Waals surface area contributed by atoms with Crippen molar-refractivity contribution in [3.63, 3.8) is 0 Å². The number of hydrogen-bond donors (Lipinski definition) is 2. The molecule has 0 spiro atoms. The van der Waals surface area contributed by atoms with Crippen LogP contribution in [0, 0.1) is 5.92 Å².